The monoisotopic (exact) mass is 231 g/mol. The minimum absolute atomic E-state index is 0.334. The zero-order valence-corrected chi connectivity index (χ0v) is 10.7. The van der Waals surface area contributed by atoms with Crippen LogP contribution < -0.4 is 0 Å². The van der Waals surface area contributed by atoms with E-state index in [9.17, 15) is 4.79 Å². The number of ether oxygens (including phenoxy) is 1. The second kappa shape index (κ2) is 5.01. The number of benzene rings is 1. The molecule has 0 saturated heterocycles. The fraction of sp³-hybridized carbons (Fsp3) is 0.429. The highest BCUT2D eigenvalue weighted by atomic mass is 16.6. The van der Waals surface area contributed by atoms with E-state index in [4.69, 9.17) is 10.00 Å². The van der Waals surface area contributed by atoms with Crippen LogP contribution in [-0.2, 0) is 11.2 Å². The van der Waals surface area contributed by atoms with Crippen molar-refractivity contribution >= 4 is 5.97 Å². The number of esters is 1. The maximum Gasteiger partial charge on any atom is 0.338 e. The van der Waals surface area contributed by atoms with Gasteiger partial charge in [-0.1, -0.05) is 6.92 Å². The van der Waals surface area contributed by atoms with Crippen LogP contribution in [0.2, 0.25) is 0 Å². The highest BCUT2D eigenvalue weighted by Crippen LogP contribution is 2.17. The summed E-state index contributed by atoms with van der Waals surface area (Å²) in [6.07, 6.45) is 0.699. The van der Waals surface area contributed by atoms with E-state index in [0.29, 0.717) is 17.5 Å². The van der Waals surface area contributed by atoms with E-state index in [1.54, 1.807) is 18.2 Å². The summed E-state index contributed by atoms with van der Waals surface area (Å²) >= 11 is 0. The van der Waals surface area contributed by atoms with Gasteiger partial charge in [-0.2, -0.15) is 5.26 Å². The van der Waals surface area contributed by atoms with Gasteiger partial charge in [0.1, 0.15) is 5.60 Å². The van der Waals surface area contributed by atoms with Gasteiger partial charge < -0.3 is 4.74 Å². The predicted octanol–water partition coefficient (Wildman–Crippen LogP) is 3.08. The van der Waals surface area contributed by atoms with E-state index in [1.165, 1.54) is 0 Å². The molecule has 0 unspecified atom stereocenters. The summed E-state index contributed by atoms with van der Waals surface area (Å²) in [5, 5.41) is 8.81. The van der Waals surface area contributed by atoms with Gasteiger partial charge in [-0.25, -0.2) is 4.79 Å². The van der Waals surface area contributed by atoms with Crippen LogP contribution in [0, 0.1) is 11.3 Å². The summed E-state index contributed by atoms with van der Waals surface area (Å²) in [4.78, 5) is 11.9. The van der Waals surface area contributed by atoms with Crippen molar-refractivity contribution in [2.75, 3.05) is 0 Å². The first-order valence-corrected chi connectivity index (χ1v) is 5.63. The van der Waals surface area contributed by atoms with E-state index < -0.39 is 5.60 Å². The predicted molar refractivity (Wildman–Crippen MR) is 65.7 cm³/mol. The minimum atomic E-state index is -0.504. The number of nitrogens with zero attached hydrogens (tertiary/aromatic N) is 1. The van der Waals surface area contributed by atoms with Crippen molar-refractivity contribution in [1.82, 2.24) is 0 Å². The summed E-state index contributed by atoms with van der Waals surface area (Å²) in [6, 6.07) is 7.09. The lowest BCUT2D eigenvalue weighted by atomic mass is 10.0. The first kappa shape index (κ1) is 13.2. The van der Waals surface area contributed by atoms with Gasteiger partial charge >= 0.3 is 5.97 Å². The summed E-state index contributed by atoms with van der Waals surface area (Å²) in [7, 11) is 0. The molecule has 1 rings (SSSR count). The first-order chi connectivity index (χ1) is 7.87. The number of carbonyl (C=O) groups excluding carboxylic acids is 1. The molecule has 3 heteroatoms. The van der Waals surface area contributed by atoms with Crippen molar-refractivity contribution in [1.29, 1.82) is 5.26 Å². The molecule has 0 saturated carbocycles. The summed E-state index contributed by atoms with van der Waals surface area (Å²) < 4.78 is 5.32. The molecule has 0 aliphatic rings. The number of hydrogen-bond acceptors (Lipinski definition) is 3. The lowest BCUT2D eigenvalue weighted by Gasteiger charge is -2.20. The Bertz CT molecular complexity index is 464. The van der Waals surface area contributed by atoms with Crippen molar-refractivity contribution in [2.45, 2.75) is 39.7 Å². The van der Waals surface area contributed by atoms with Crippen LogP contribution in [0.3, 0.4) is 0 Å². The number of aryl methyl sites for hydroxylation is 1. The molecule has 0 N–H and O–H groups in total. The molecule has 0 heterocycles. The van der Waals surface area contributed by atoms with Gasteiger partial charge in [0, 0.05) is 0 Å². The third-order valence-corrected chi connectivity index (χ3v) is 2.23. The van der Waals surface area contributed by atoms with Gasteiger partial charge in [0.15, 0.2) is 0 Å². The number of hydrogen-bond donors (Lipinski definition) is 0. The average Bonchev–Trinajstić information content (AvgIpc) is 2.25. The molecule has 1 aromatic rings. The second-order valence-corrected chi connectivity index (χ2v) is 4.84. The van der Waals surface area contributed by atoms with Crippen molar-refractivity contribution < 1.29 is 9.53 Å². The molecule has 0 fully saturated rings. The van der Waals surface area contributed by atoms with Gasteiger partial charge in [-0.3, -0.25) is 0 Å². The SMILES string of the molecule is CCc1cc(C#N)ccc1C(=O)OC(C)(C)C. The molecule has 0 bridgehead atoms. The highest BCUT2D eigenvalue weighted by molar-refractivity contribution is 5.91. The summed E-state index contributed by atoms with van der Waals surface area (Å²) in [5.41, 5.74) is 1.45. The van der Waals surface area contributed by atoms with Crippen LogP contribution in [0.25, 0.3) is 0 Å². The lowest BCUT2D eigenvalue weighted by Crippen LogP contribution is -2.24. The number of carbonyl (C=O) groups is 1. The smallest absolute Gasteiger partial charge is 0.338 e. The van der Waals surface area contributed by atoms with Crippen molar-refractivity contribution in [3.8, 4) is 6.07 Å². The van der Waals surface area contributed by atoms with Gasteiger partial charge in [0.05, 0.1) is 17.2 Å². The zero-order valence-electron chi connectivity index (χ0n) is 10.7. The van der Waals surface area contributed by atoms with E-state index >= 15 is 0 Å². The van der Waals surface area contributed by atoms with Crippen LogP contribution in [0.4, 0.5) is 0 Å². The fourth-order valence-corrected chi connectivity index (χ4v) is 1.49. The zero-order chi connectivity index (χ0) is 13.1. The van der Waals surface area contributed by atoms with Crippen LogP contribution in [0.1, 0.15) is 49.2 Å². The van der Waals surface area contributed by atoms with Crippen molar-refractivity contribution in [3.05, 3.63) is 34.9 Å². The molecular formula is C14H17NO2. The quantitative estimate of drug-likeness (QED) is 0.735. The second-order valence-electron chi connectivity index (χ2n) is 4.84. The maximum absolute atomic E-state index is 11.9. The molecule has 17 heavy (non-hydrogen) atoms. The number of rotatable bonds is 2. The van der Waals surface area contributed by atoms with Crippen LogP contribution in [-0.4, -0.2) is 11.6 Å². The standard InChI is InChI=1S/C14H17NO2/c1-5-11-8-10(9-15)6-7-12(11)13(16)17-14(2,3)4/h6-8H,5H2,1-4H3. The number of nitriles is 1. The Morgan fingerprint density at radius 3 is 2.53 bits per heavy atom. The lowest BCUT2D eigenvalue weighted by molar-refractivity contribution is 0.00684. The molecule has 0 aromatic heterocycles. The molecule has 0 spiro atoms. The van der Waals surface area contributed by atoms with Crippen molar-refractivity contribution in [3.63, 3.8) is 0 Å². The largest absolute Gasteiger partial charge is 0.456 e. The molecule has 0 atom stereocenters. The Hall–Kier alpha value is -1.82. The molecule has 1 aromatic carbocycles. The fourth-order valence-electron chi connectivity index (χ4n) is 1.49. The van der Waals surface area contributed by atoms with Crippen LogP contribution in [0.5, 0.6) is 0 Å². The molecule has 0 aliphatic heterocycles. The molecule has 3 nitrogen and oxygen atoms in total. The molecule has 0 amide bonds. The average molecular weight is 231 g/mol. The van der Waals surface area contributed by atoms with Crippen LogP contribution >= 0.6 is 0 Å². The van der Waals surface area contributed by atoms with Gasteiger partial charge in [0.2, 0.25) is 0 Å². The summed E-state index contributed by atoms with van der Waals surface area (Å²) in [6.45, 7) is 7.45. The Kier molecular flexibility index (Phi) is 3.90. The van der Waals surface area contributed by atoms with E-state index in [1.807, 2.05) is 27.7 Å². The molecular weight excluding hydrogens is 214 g/mol. The van der Waals surface area contributed by atoms with Crippen LogP contribution in [0.15, 0.2) is 18.2 Å². The normalized spacial score (nSPS) is 10.8. The van der Waals surface area contributed by atoms with E-state index in [0.717, 1.165) is 5.56 Å². The van der Waals surface area contributed by atoms with E-state index in [-0.39, 0.29) is 5.97 Å². The molecule has 0 aliphatic carbocycles. The first-order valence-electron chi connectivity index (χ1n) is 5.63. The van der Waals surface area contributed by atoms with Gasteiger partial charge in [-0.15, -0.1) is 0 Å². The third kappa shape index (κ3) is 3.60. The minimum Gasteiger partial charge on any atom is -0.456 e. The Morgan fingerprint density at radius 2 is 2.06 bits per heavy atom. The van der Waals surface area contributed by atoms with Crippen molar-refractivity contribution in [2.24, 2.45) is 0 Å². The Morgan fingerprint density at radius 1 is 1.41 bits per heavy atom. The van der Waals surface area contributed by atoms with Gasteiger partial charge in [0.25, 0.3) is 0 Å². The molecule has 90 valence electrons. The van der Waals surface area contributed by atoms with E-state index in [2.05, 4.69) is 6.07 Å². The maximum atomic E-state index is 11.9. The summed E-state index contributed by atoms with van der Waals surface area (Å²) in [5.74, 6) is -0.334. The highest BCUT2D eigenvalue weighted by Gasteiger charge is 2.19. The topological polar surface area (TPSA) is 50.1 Å². The Labute approximate surface area is 102 Å². The third-order valence-electron chi connectivity index (χ3n) is 2.23. The Balaban J connectivity index is 3.06. The molecule has 0 radical (unpaired) electrons. The van der Waals surface area contributed by atoms with Gasteiger partial charge in [-0.05, 0) is 51.0 Å².